The van der Waals surface area contributed by atoms with Crippen LogP contribution in [0.3, 0.4) is 0 Å². The summed E-state index contributed by atoms with van der Waals surface area (Å²) >= 11 is 4.79. The van der Waals surface area contributed by atoms with Crippen molar-refractivity contribution in [2.75, 3.05) is 11.9 Å². The quantitative estimate of drug-likeness (QED) is 0.853. The van der Waals surface area contributed by atoms with E-state index in [4.69, 9.17) is 18.0 Å². The predicted molar refractivity (Wildman–Crippen MR) is 79.6 cm³/mol. The molecule has 0 radical (unpaired) electrons. The summed E-state index contributed by atoms with van der Waals surface area (Å²) in [4.78, 5) is 2.15. The molecule has 0 aliphatic carbocycles. The van der Waals surface area contributed by atoms with Gasteiger partial charge in [0.15, 0.2) is 0 Å². The van der Waals surface area contributed by atoms with E-state index in [1.165, 1.54) is 6.07 Å². The molecule has 0 aliphatic heterocycles. The molecule has 0 bridgehead atoms. The van der Waals surface area contributed by atoms with E-state index >= 15 is 0 Å². The van der Waals surface area contributed by atoms with Crippen molar-refractivity contribution >= 4 is 22.9 Å². The molecule has 4 heteroatoms. The molecule has 18 heavy (non-hydrogen) atoms. The summed E-state index contributed by atoms with van der Waals surface area (Å²) < 4.78 is 13.8. The van der Waals surface area contributed by atoms with Gasteiger partial charge in [-0.2, -0.15) is 0 Å². The highest BCUT2D eigenvalue weighted by Crippen LogP contribution is 2.28. The Morgan fingerprint density at radius 3 is 2.33 bits per heavy atom. The van der Waals surface area contributed by atoms with Crippen molar-refractivity contribution in [3.63, 3.8) is 0 Å². The van der Waals surface area contributed by atoms with Crippen molar-refractivity contribution in [2.45, 2.75) is 33.7 Å². The Balaban J connectivity index is 3.05. The van der Waals surface area contributed by atoms with Crippen LogP contribution in [0.15, 0.2) is 18.2 Å². The lowest BCUT2D eigenvalue weighted by Gasteiger charge is -2.37. The first-order valence-corrected chi connectivity index (χ1v) is 6.37. The van der Waals surface area contributed by atoms with Crippen LogP contribution in [0, 0.1) is 11.2 Å². The smallest absolute Gasteiger partial charge is 0.135 e. The maximum absolute atomic E-state index is 13.8. The Hall–Kier alpha value is -1.16. The molecule has 0 aliphatic rings. The highest BCUT2D eigenvalue weighted by Gasteiger charge is 2.24. The molecule has 0 saturated carbocycles. The van der Waals surface area contributed by atoms with Gasteiger partial charge in [-0.3, -0.25) is 0 Å². The zero-order chi connectivity index (χ0) is 14.1. The number of nitrogens with two attached hydrogens (primary N) is 1. The number of thiocarbonyl (C=S) groups is 1. The molecule has 0 spiro atoms. The van der Waals surface area contributed by atoms with Crippen LogP contribution in [0.1, 0.15) is 33.3 Å². The van der Waals surface area contributed by atoms with Crippen LogP contribution in [-0.4, -0.2) is 18.1 Å². The number of anilines is 1. The summed E-state index contributed by atoms with van der Waals surface area (Å²) in [5, 5.41) is 0. The molecule has 0 saturated heterocycles. The first kappa shape index (κ1) is 14.9. The van der Waals surface area contributed by atoms with Crippen LogP contribution < -0.4 is 10.6 Å². The fourth-order valence-electron chi connectivity index (χ4n) is 1.73. The second-order valence-corrected chi connectivity index (χ2v) is 6.12. The number of benzene rings is 1. The molecule has 1 unspecified atom stereocenters. The van der Waals surface area contributed by atoms with Gasteiger partial charge in [0.2, 0.25) is 0 Å². The fraction of sp³-hybridized carbons (Fsp3) is 0.500. The van der Waals surface area contributed by atoms with Crippen LogP contribution >= 0.6 is 12.2 Å². The van der Waals surface area contributed by atoms with E-state index in [1.54, 1.807) is 6.07 Å². The molecule has 1 atom stereocenters. The zero-order valence-electron chi connectivity index (χ0n) is 11.6. The van der Waals surface area contributed by atoms with Crippen molar-refractivity contribution < 1.29 is 4.39 Å². The lowest BCUT2D eigenvalue weighted by atomic mass is 9.87. The summed E-state index contributed by atoms with van der Waals surface area (Å²) in [6.07, 6.45) is 0. The van der Waals surface area contributed by atoms with Gasteiger partial charge < -0.3 is 10.6 Å². The lowest BCUT2D eigenvalue weighted by molar-refractivity contribution is 0.329. The second kappa shape index (κ2) is 5.22. The molecule has 0 aromatic heterocycles. The third kappa shape index (κ3) is 3.19. The zero-order valence-corrected chi connectivity index (χ0v) is 12.4. The molecule has 2 nitrogen and oxygen atoms in total. The van der Waals surface area contributed by atoms with Gasteiger partial charge in [-0.1, -0.05) is 33.0 Å². The second-order valence-electron chi connectivity index (χ2n) is 5.68. The summed E-state index contributed by atoms with van der Waals surface area (Å²) in [5.41, 5.74) is 6.69. The van der Waals surface area contributed by atoms with Crippen molar-refractivity contribution in [3.05, 3.63) is 29.6 Å². The Bertz CT molecular complexity index is 452. The minimum atomic E-state index is -0.368. The summed E-state index contributed by atoms with van der Waals surface area (Å²) in [5.74, 6) is -0.368. The number of halogens is 1. The number of nitrogens with zero attached hydrogens (tertiary/aromatic N) is 1. The van der Waals surface area contributed by atoms with E-state index in [9.17, 15) is 4.39 Å². The SMILES string of the molecule is CC(N(C)c1ccc(C(N)=S)c(F)c1)C(C)(C)C. The Labute approximate surface area is 114 Å². The van der Waals surface area contributed by atoms with E-state index in [2.05, 4.69) is 32.6 Å². The molecule has 2 N–H and O–H groups in total. The monoisotopic (exact) mass is 268 g/mol. The van der Waals surface area contributed by atoms with Gasteiger partial charge in [-0.25, -0.2) is 4.39 Å². The molecule has 0 amide bonds. The average molecular weight is 268 g/mol. The maximum Gasteiger partial charge on any atom is 0.135 e. The van der Waals surface area contributed by atoms with Crippen LogP contribution in [0.5, 0.6) is 0 Å². The van der Waals surface area contributed by atoms with E-state index in [0.29, 0.717) is 5.56 Å². The van der Waals surface area contributed by atoms with Gasteiger partial charge in [0.05, 0.1) is 0 Å². The van der Waals surface area contributed by atoms with Crippen molar-refractivity contribution in [3.8, 4) is 0 Å². The Morgan fingerprint density at radius 1 is 1.39 bits per heavy atom. The van der Waals surface area contributed by atoms with E-state index in [1.807, 2.05) is 13.1 Å². The number of hydrogen-bond acceptors (Lipinski definition) is 2. The van der Waals surface area contributed by atoms with Crippen molar-refractivity contribution in [1.82, 2.24) is 0 Å². The standard InChI is InChI=1S/C14H21FN2S/c1-9(14(2,3)4)17(5)10-6-7-11(13(16)18)12(15)8-10/h6-9H,1-5H3,(H2,16,18). The highest BCUT2D eigenvalue weighted by atomic mass is 32.1. The van der Waals surface area contributed by atoms with Gasteiger partial charge >= 0.3 is 0 Å². The third-order valence-electron chi connectivity index (χ3n) is 3.46. The van der Waals surface area contributed by atoms with Crippen LogP contribution in [-0.2, 0) is 0 Å². The van der Waals surface area contributed by atoms with Crippen LogP contribution in [0.25, 0.3) is 0 Å². The largest absolute Gasteiger partial charge is 0.389 e. The Kier molecular flexibility index (Phi) is 4.32. The van der Waals surface area contributed by atoms with Crippen molar-refractivity contribution in [2.24, 2.45) is 11.1 Å². The van der Waals surface area contributed by atoms with Crippen LogP contribution in [0.2, 0.25) is 0 Å². The van der Waals surface area contributed by atoms with E-state index < -0.39 is 0 Å². The van der Waals surface area contributed by atoms with Crippen LogP contribution in [0.4, 0.5) is 10.1 Å². The minimum absolute atomic E-state index is 0.0885. The van der Waals surface area contributed by atoms with Gasteiger partial charge in [0.1, 0.15) is 10.8 Å². The van der Waals surface area contributed by atoms with Gasteiger partial charge in [0.25, 0.3) is 0 Å². The summed E-state index contributed by atoms with van der Waals surface area (Å²) in [7, 11) is 1.96. The molecule has 1 aromatic carbocycles. The molecule has 0 fully saturated rings. The van der Waals surface area contributed by atoms with Gasteiger partial charge in [-0.15, -0.1) is 0 Å². The number of rotatable bonds is 3. The normalized spacial score (nSPS) is 13.2. The van der Waals surface area contributed by atoms with E-state index in [-0.39, 0.29) is 22.3 Å². The molecular weight excluding hydrogens is 247 g/mol. The molecular formula is C14H21FN2S. The summed E-state index contributed by atoms with van der Waals surface area (Å²) in [6, 6.07) is 5.25. The summed E-state index contributed by atoms with van der Waals surface area (Å²) in [6.45, 7) is 8.61. The first-order valence-electron chi connectivity index (χ1n) is 5.96. The first-order chi connectivity index (χ1) is 8.14. The molecule has 0 heterocycles. The van der Waals surface area contributed by atoms with Gasteiger partial charge in [0, 0.05) is 24.3 Å². The minimum Gasteiger partial charge on any atom is -0.389 e. The highest BCUT2D eigenvalue weighted by molar-refractivity contribution is 7.80. The molecule has 100 valence electrons. The number of hydrogen-bond donors (Lipinski definition) is 1. The average Bonchev–Trinajstić information content (AvgIpc) is 2.25. The predicted octanol–water partition coefficient (Wildman–Crippen LogP) is 3.33. The Morgan fingerprint density at radius 2 is 1.94 bits per heavy atom. The van der Waals surface area contributed by atoms with E-state index in [0.717, 1.165) is 5.69 Å². The molecule has 1 aromatic rings. The van der Waals surface area contributed by atoms with Crippen molar-refractivity contribution in [1.29, 1.82) is 0 Å². The third-order valence-corrected chi connectivity index (χ3v) is 3.68. The fourth-order valence-corrected chi connectivity index (χ4v) is 1.89. The lowest BCUT2D eigenvalue weighted by Crippen LogP contribution is -2.39. The molecule has 1 rings (SSSR count). The topological polar surface area (TPSA) is 29.3 Å². The maximum atomic E-state index is 13.8. The van der Waals surface area contributed by atoms with Gasteiger partial charge in [-0.05, 0) is 30.5 Å².